The molecule has 0 bridgehead atoms. The summed E-state index contributed by atoms with van der Waals surface area (Å²) in [6.45, 7) is 0.381. The van der Waals surface area contributed by atoms with E-state index in [1.54, 1.807) is 28.8 Å². The molecule has 138 valence electrons. The van der Waals surface area contributed by atoms with Gasteiger partial charge in [0.15, 0.2) is 5.82 Å². The molecule has 0 amide bonds. The summed E-state index contributed by atoms with van der Waals surface area (Å²) in [5.74, 6) is 0.209. The Kier molecular flexibility index (Phi) is 3.64. The molecule has 2 aromatic carbocycles. The minimum atomic E-state index is -0.735. The monoisotopic (exact) mass is 381 g/mol. The van der Waals surface area contributed by atoms with Gasteiger partial charge in [-0.1, -0.05) is 18.2 Å². The minimum absolute atomic E-state index is 0.209. The van der Waals surface area contributed by atoms with Gasteiger partial charge in [-0.3, -0.25) is 14.3 Å². The molecule has 29 heavy (non-hydrogen) atoms. The number of nitrogens with one attached hydrogen (secondary N) is 1. The molecular formula is C20H11N7O2. The summed E-state index contributed by atoms with van der Waals surface area (Å²) < 4.78 is 1.70. The molecule has 0 unspecified atom stereocenters. The lowest BCUT2D eigenvalue weighted by atomic mass is 10.1. The van der Waals surface area contributed by atoms with E-state index in [1.165, 1.54) is 0 Å². The van der Waals surface area contributed by atoms with Gasteiger partial charge in [0.2, 0.25) is 0 Å². The van der Waals surface area contributed by atoms with Gasteiger partial charge in [-0.05, 0) is 40.9 Å². The van der Waals surface area contributed by atoms with Crippen molar-refractivity contribution in [3.8, 4) is 23.1 Å². The molecular weight excluding hydrogens is 370 g/mol. The van der Waals surface area contributed by atoms with Gasteiger partial charge < -0.3 is 0 Å². The van der Waals surface area contributed by atoms with E-state index in [2.05, 4.69) is 31.5 Å². The Hall–Kier alpha value is -4.45. The second-order valence-electron chi connectivity index (χ2n) is 6.46. The number of hydrogen-bond acceptors (Lipinski definition) is 7. The lowest BCUT2D eigenvalue weighted by Gasteiger charge is -2.18. The highest BCUT2D eigenvalue weighted by Crippen LogP contribution is 2.29. The van der Waals surface area contributed by atoms with Crippen LogP contribution in [0.2, 0.25) is 0 Å². The zero-order valence-electron chi connectivity index (χ0n) is 14.8. The molecule has 0 spiro atoms. The Labute approximate surface area is 162 Å². The van der Waals surface area contributed by atoms with Gasteiger partial charge in [0.25, 0.3) is 5.56 Å². The summed E-state index contributed by atoms with van der Waals surface area (Å²) in [5.41, 5.74) is 2.31. The zero-order chi connectivity index (χ0) is 20.0. The van der Waals surface area contributed by atoms with Crippen molar-refractivity contribution in [3.05, 3.63) is 80.5 Å². The molecule has 0 fully saturated rings. The van der Waals surface area contributed by atoms with E-state index in [4.69, 9.17) is 0 Å². The minimum Gasteiger partial charge on any atom is -0.294 e. The first-order chi connectivity index (χ1) is 14.1. The maximum atomic E-state index is 12.4. The van der Waals surface area contributed by atoms with E-state index >= 15 is 0 Å². The zero-order valence-corrected chi connectivity index (χ0v) is 14.8. The van der Waals surface area contributed by atoms with Crippen molar-refractivity contribution in [2.24, 2.45) is 15.4 Å². The molecule has 0 aromatic heterocycles. The second-order valence-corrected chi connectivity index (χ2v) is 6.46. The fourth-order valence-corrected chi connectivity index (χ4v) is 3.40. The third kappa shape index (κ3) is 2.71. The van der Waals surface area contributed by atoms with E-state index < -0.39 is 11.2 Å². The van der Waals surface area contributed by atoms with Crippen LogP contribution >= 0.6 is 0 Å². The first kappa shape index (κ1) is 16.7. The van der Waals surface area contributed by atoms with Gasteiger partial charge in [-0.2, -0.15) is 15.4 Å². The van der Waals surface area contributed by atoms with Crippen LogP contribution < -0.4 is 11.2 Å². The number of rotatable bonds is 2. The lowest BCUT2D eigenvalue weighted by Crippen LogP contribution is -2.27. The van der Waals surface area contributed by atoms with Crippen molar-refractivity contribution >= 4 is 16.6 Å². The standard InChI is InChI=1S/C20H11N7O2/c21-9-11-4-5-13-8-15-18(23-20(29)24-19(15)28)27(17(13)6-11)14-3-1-2-12(7-14)16-10-22-26-25-16/h1-8H,10H2,(H,24,28,29). The number of aromatic amines is 1. The highest BCUT2D eigenvalue weighted by molar-refractivity contribution is 6.03. The quantitative estimate of drug-likeness (QED) is 0.534. The first-order valence-electron chi connectivity index (χ1n) is 8.68. The SMILES string of the molecule is N#Cc1ccc2cc3c(=O)[nH]c(=O)nc-3n(-c3cccc(C4=NN=NC4)c3)c2c1. The van der Waals surface area contributed by atoms with Crippen molar-refractivity contribution in [3.63, 3.8) is 0 Å². The fraction of sp³-hybridized carbons (Fsp3) is 0.0500. The Morgan fingerprint density at radius 3 is 2.79 bits per heavy atom. The van der Waals surface area contributed by atoms with Crippen LogP contribution in [0.4, 0.5) is 0 Å². The average Bonchev–Trinajstić information content (AvgIpc) is 3.27. The van der Waals surface area contributed by atoms with E-state index in [0.29, 0.717) is 29.0 Å². The summed E-state index contributed by atoms with van der Waals surface area (Å²) in [5, 5.41) is 21.6. The van der Waals surface area contributed by atoms with E-state index in [-0.39, 0.29) is 11.4 Å². The maximum absolute atomic E-state index is 12.4. The van der Waals surface area contributed by atoms with E-state index in [9.17, 15) is 14.9 Å². The molecule has 0 saturated heterocycles. The van der Waals surface area contributed by atoms with Crippen molar-refractivity contribution in [2.75, 3.05) is 6.54 Å². The van der Waals surface area contributed by atoms with E-state index in [1.807, 2.05) is 24.3 Å². The van der Waals surface area contributed by atoms with Gasteiger partial charge in [-0.15, -0.1) is 5.10 Å². The van der Waals surface area contributed by atoms with Crippen LogP contribution in [0.1, 0.15) is 11.1 Å². The van der Waals surface area contributed by atoms with Gasteiger partial charge in [-0.25, -0.2) is 4.79 Å². The number of benzene rings is 2. The summed E-state index contributed by atoms with van der Waals surface area (Å²) in [6, 6.07) is 16.3. The maximum Gasteiger partial charge on any atom is 0.349 e. The molecule has 2 aromatic rings. The molecule has 0 aliphatic carbocycles. The van der Waals surface area contributed by atoms with Crippen LogP contribution in [-0.2, 0) is 0 Å². The van der Waals surface area contributed by atoms with Crippen molar-refractivity contribution < 1.29 is 0 Å². The predicted molar refractivity (Wildman–Crippen MR) is 106 cm³/mol. The number of hydrogen-bond donors (Lipinski definition) is 1. The van der Waals surface area contributed by atoms with Crippen LogP contribution in [0.25, 0.3) is 28.0 Å². The molecule has 1 N–H and O–H groups in total. The van der Waals surface area contributed by atoms with Crippen LogP contribution in [0.5, 0.6) is 0 Å². The van der Waals surface area contributed by atoms with Gasteiger partial charge in [0.05, 0.1) is 28.4 Å². The normalized spacial score (nSPS) is 13.0. The fourth-order valence-electron chi connectivity index (χ4n) is 3.40. The van der Waals surface area contributed by atoms with Crippen LogP contribution in [-0.4, -0.2) is 26.8 Å². The summed E-state index contributed by atoms with van der Waals surface area (Å²) >= 11 is 0. The van der Waals surface area contributed by atoms with Crippen LogP contribution in [0.3, 0.4) is 0 Å². The van der Waals surface area contributed by atoms with Gasteiger partial charge in [0.1, 0.15) is 6.54 Å². The predicted octanol–water partition coefficient (Wildman–Crippen LogP) is 2.22. The highest BCUT2D eigenvalue weighted by Gasteiger charge is 2.19. The number of nitrogens with zero attached hydrogens (tertiary/aromatic N) is 6. The molecule has 3 aliphatic rings. The molecule has 0 atom stereocenters. The van der Waals surface area contributed by atoms with Crippen molar-refractivity contribution in [2.45, 2.75) is 0 Å². The Morgan fingerprint density at radius 2 is 2.00 bits per heavy atom. The Morgan fingerprint density at radius 1 is 1.10 bits per heavy atom. The van der Waals surface area contributed by atoms with Crippen molar-refractivity contribution in [1.82, 2.24) is 14.5 Å². The molecule has 9 heteroatoms. The molecule has 3 heterocycles. The number of aromatic nitrogens is 3. The third-order valence-electron chi connectivity index (χ3n) is 4.71. The summed E-state index contributed by atoms with van der Waals surface area (Å²) in [7, 11) is 0. The lowest BCUT2D eigenvalue weighted by molar-refractivity contribution is 0.959. The second kappa shape index (κ2) is 6.31. The van der Waals surface area contributed by atoms with Crippen LogP contribution in [0, 0.1) is 11.3 Å². The summed E-state index contributed by atoms with van der Waals surface area (Å²) in [6.07, 6.45) is 0. The summed E-state index contributed by atoms with van der Waals surface area (Å²) in [4.78, 5) is 30.6. The topological polar surface area (TPSA) is 129 Å². The number of nitriles is 1. The molecule has 0 saturated carbocycles. The van der Waals surface area contributed by atoms with Gasteiger partial charge in [0, 0.05) is 11.3 Å². The molecule has 3 aliphatic heterocycles. The van der Waals surface area contributed by atoms with E-state index in [0.717, 1.165) is 10.9 Å². The number of H-pyrrole nitrogens is 1. The molecule has 0 radical (unpaired) electrons. The smallest absolute Gasteiger partial charge is 0.294 e. The number of fused-ring (bicyclic) bond motifs is 2. The number of pyridine rings is 1. The largest absolute Gasteiger partial charge is 0.349 e. The van der Waals surface area contributed by atoms with Crippen molar-refractivity contribution in [1.29, 1.82) is 5.26 Å². The third-order valence-corrected chi connectivity index (χ3v) is 4.71. The Bertz CT molecular complexity index is 1490. The Balaban J connectivity index is 1.90. The average molecular weight is 381 g/mol. The molecule has 5 rings (SSSR count). The van der Waals surface area contributed by atoms with Crippen LogP contribution in [0.15, 0.2) is 73.6 Å². The highest BCUT2D eigenvalue weighted by atomic mass is 16.2. The first-order valence-corrected chi connectivity index (χ1v) is 8.68. The van der Waals surface area contributed by atoms with Gasteiger partial charge >= 0.3 is 5.69 Å². The molecule has 9 nitrogen and oxygen atoms in total.